The molecule has 0 aromatic rings. The van der Waals surface area contributed by atoms with E-state index in [0.29, 0.717) is 6.61 Å². The molecule has 0 unspecified atom stereocenters. The second kappa shape index (κ2) is 2.73. The highest BCUT2D eigenvalue weighted by Gasteiger charge is 2.52. The standard InChI is InChI=1S/C11H21NO/c1-9(2,3)11(10(4,5)6)7-13-8-12-11/h8H,7H2,1-6H3. The lowest BCUT2D eigenvalue weighted by Gasteiger charge is -2.47. The molecular weight excluding hydrogens is 162 g/mol. The van der Waals surface area contributed by atoms with Crippen molar-refractivity contribution in [1.29, 1.82) is 0 Å². The average molecular weight is 183 g/mol. The maximum atomic E-state index is 5.32. The predicted molar refractivity (Wildman–Crippen MR) is 56.1 cm³/mol. The quantitative estimate of drug-likeness (QED) is 0.566. The van der Waals surface area contributed by atoms with Crippen LogP contribution in [0.15, 0.2) is 4.99 Å². The molecule has 0 amide bonds. The van der Waals surface area contributed by atoms with E-state index < -0.39 is 0 Å². The molecule has 1 rings (SSSR count). The third kappa shape index (κ3) is 1.47. The molecule has 1 aliphatic heterocycles. The fraction of sp³-hybridized carbons (Fsp3) is 0.909. The van der Waals surface area contributed by atoms with Crippen LogP contribution in [0.3, 0.4) is 0 Å². The van der Waals surface area contributed by atoms with Gasteiger partial charge in [-0.1, -0.05) is 41.5 Å². The van der Waals surface area contributed by atoms with E-state index in [1.807, 2.05) is 0 Å². The number of nitrogens with zero attached hydrogens (tertiary/aromatic N) is 1. The Morgan fingerprint density at radius 1 is 1.08 bits per heavy atom. The zero-order valence-corrected chi connectivity index (χ0v) is 9.64. The average Bonchev–Trinajstić information content (AvgIpc) is 2.28. The molecular formula is C11H21NO. The van der Waals surface area contributed by atoms with Crippen molar-refractivity contribution in [2.45, 2.75) is 47.1 Å². The van der Waals surface area contributed by atoms with E-state index in [-0.39, 0.29) is 16.4 Å². The van der Waals surface area contributed by atoms with Gasteiger partial charge in [-0.05, 0) is 10.8 Å². The zero-order valence-electron chi connectivity index (χ0n) is 9.64. The lowest BCUT2D eigenvalue weighted by Crippen LogP contribution is -2.52. The van der Waals surface area contributed by atoms with Gasteiger partial charge in [0.1, 0.15) is 12.1 Å². The van der Waals surface area contributed by atoms with Crippen molar-refractivity contribution in [1.82, 2.24) is 0 Å². The molecule has 13 heavy (non-hydrogen) atoms. The van der Waals surface area contributed by atoms with E-state index in [4.69, 9.17) is 4.74 Å². The van der Waals surface area contributed by atoms with E-state index in [9.17, 15) is 0 Å². The van der Waals surface area contributed by atoms with Crippen LogP contribution < -0.4 is 0 Å². The first kappa shape index (κ1) is 10.6. The van der Waals surface area contributed by atoms with Crippen molar-refractivity contribution in [2.75, 3.05) is 6.61 Å². The Hall–Kier alpha value is -0.530. The van der Waals surface area contributed by atoms with Crippen molar-refractivity contribution in [3.8, 4) is 0 Å². The first-order valence-electron chi connectivity index (χ1n) is 4.86. The van der Waals surface area contributed by atoms with Crippen molar-refractivity contribution in [3.05, 3.63) is 0 Å². The minimum Gasteiger partial charge on any atom is -0.481 e. The Morgan fingerprint density at radius 2 is 1.54 bits per heavy atom. The number of hydrogen-bond acceptors (Lipinski definition) is 2. The van der Waals surface area contributed by atoms with Gasteiger partial charge >= 0.3 is 0 Å². The molecule has 1 aliphatic rings. The van der Waals surface area contributed by atoms with Crippen LogP contribution in [0.5, 0.6) is 0 Å². The van der Waals surface area contributed by atoms with Crippen molar-refractivity contribution >= 4 is 6.40 Å². The molecule has 0 aromatic carbocycles. The monoisotopic (exact) mass is 183 g/mol. The van der Waals surface area contributed by atoms with E-state index >= 15 is 0 Å². The fourth-order valence-electron chi connectivity index (χ4n) is 2.27. The molecule has 0 spiro atoms. The normalized spacial score (nSPS) is 21.7. The Labute approximate surface area is 81.4 Å². The summed E-state index contributed by atoms with van der Waals surface area (Å²) in [6.45, 7) is 14.1. The molecule has 0 N–H and O–H groups in total. The summed E-state index contributed by atoms with van der Waals surface area (Å²) in [5.41, 5.74) is 0.191. The van der Waals surface area contributed by atoms with Crippen LogP contribution >= 0.6 is 0 Å². The second-order valence-corrected chi connectivity index (χ2v) is 5.91. The van der Waals surface area contributed by atoms with Gasteiger partial charge in [0.15, 0.2) is 6.40 Å². The van der Waals surface area contributed by atoms with Gasteiger partial charge in [0, 0.05) is 0 Å². The molecule has 0 atom stereocenters. The van der Waals surface area contributed by atoms with Crippen LogP contribution in [-0.4, -0.2) is 18.5 Å². The highest BCUT2D eigenvalue weighted by atomic mass is 16.5. The zero-order chi connectivity index (χ0) is 10.3. The SMILES string of the molecule is CC(C)(C)C1(C(C)(C)C)COC=N1. The van der Waals surface area contributed by atoms with E-state index in [1.54, 1.807) is 6.40 Å². The first-order chi connectivity index (χ1) is 5.71. The largest absolute Gasteiger partial charge is 0.481 e. The molecule has 1 heterocycles. The van der Waals surface area contributed by atoms with Crippen LogP contribution in [0, 0.1) is 10.8 Å². The molecule has 0 bridgehead atoms. The van der Waals surface area contributed by atoms with Crippen LogP contribution in [0.1, 0.15) is 41.5 Å². The Morgan fingerprint density at radius 3 is 1.69 bits per heavy atom. The van der Waals surface area contributed by atoms with Crippen LogP contribution in [0.4, 0.5) is 0 Å². The number of ether oxygens (including phenoxy) is 1. The highest BCUT2D eigenvalue weighted by molar-refractivity contribution is 5.51. The molecule has 0 saturated carbocycles. The summed E-state index contributed by atoms with van der Waals surface area (Å²) >= 11 is 0. The van der Waals surface area contributed by atoms with Crippen LogP contribution in [0.2, 0.25) is 0 Å². The van der Waals surface area contributed by atoms with Gasteiger partial charge < -0.3 is 4.74 Å². The topological polar surface area (TPSA) is 21.6 Å². The summed E-state index contributed by atoms with van der Waals surface area (Å²) < 4.78 is 5.32. The van der Waals surface area contributed by atoms with Gasteiger partial charge in [0.05, 0.1) is 0 Å². The molecule has 0 aromatic heterocycles. The van der Waals surface area contributed by atoms with Gasteiger partial charge in [-0.2, -0.15) is 0 Å². The van der Waals surface area contributed by atoms with E-state index in [0.717, 1.165) is 0 Å². The smallest absolute Gasteiger partial charge is 0.170 e. The molecule has 2 heteroatoms. The summed E-state index contributed by atoms with van der Waals surface area (Å²) in [5, 5.41) is 0. The van der Waals surface area contributed by atoms with E-state index in [2.05, 4.69) is 46.5 Å². The van der Waals surface area contributed by atoms with Crippen molar-refractivity contribution in [2.24, 2.45) is 15.8 Å². The molecule has 0 radical (unpaired) electrons. The van der Waals surface area contributed by atoms with Gasteiger partial charge in [0.2, 0.25) is 0 Å². The lowest BCUT2D eigenvalue weighted by atomic mass is 9.61. The van der Waals surface area contributed by atoms with E-state index in [1.165, 1.54) is 0 Å². The van der Waals surface area contributed by atoms with Gasteiger partial charge in [-0.3, -0.25) is 0 Å². The Bertz CT molecular complexity index is 203. The molecule has 0 fully saturated rings. The van der Waals surface area contributed by atoms with Crippen molar-refractivity contribution in [3.63, 3.8) is 0 Å². The third-order valence-corrected chi connectivity index (χ3v) is 3.12. The second-order valence-electron chi connectivity index (χ2n) is 5.91. The number of aliphatic imine (C=N–C) groups is 1. The van der Waals surface area contributed by atoms with Gasteiger partial charge in [0.25, 0.3) is 0 Å². The molecule has 76 valence electrons. The first-order valence-corrected chi connectivity index (χ1v) is 4.86. The maximum Gasteiger partial charge on any atom is 0.170 e. The van der Waals surface area contributed by atoms with Crippen molar-refractivity contribution < 1.29 is 4.74 Å². The van der Waals surface area contributed by atoms with Gasteiger partial charge in [-0.15, -0.1) is 0 Å². The fourth-order valence-corrected chi connectivity index (χ4v) is 2.27. The summed E-state index contributed by atoms with van der Waals surface area (Å²) in [6.07, 6.45) is 1.61. The Balaban J connectivity index is 3.11. The van der Waals surface area contributed by atoms with Gasteiger partial charge in [-0.25, -0.2) is 4.99 Å². The van der Waals surface area contributed by atoms with Crippen LogP contribution in [-0.2, 0) is 4.74 Å². The Kier molecular flexibility index (Phi) is 2.21. The van der Waals surface area contributed by atoms with Crippen LogP contribution in [0.25, 0.3) is 0 Å². The predicted octanol–water partition coefficient (Wildman–Crippen LogP) is 2.88. The molecule has 2 nitrogen and oxygen atoms in total. The molecule has 0 saturated heterocycles. The lowest BCUT2D eigenvalue weighted by molar-refractivity contribution is 0.0371. The number of rotatable bonds is 0. The summed E-state index contributed by atoms with van der Waals surface area (Å²) in [6, 6.07) is 0. The summed E-state index contributed by atoms with van der Waals surface area (Å²) in [5.74, 6) is 0. The molecule has 0 aliphatic carbocycles. The summed E-state index contributed by atoms with van der Waals surface area (Å²) in [7, 11) is 0. The minimum atomic E-state index is -0.0833. The summed E-state index contributed by atoms with van der Waals surface area (Å²) in [4.78, 5) is 4.56. The third-order valence-electron chi connectivity index (χ3n) is 3.12. The number of hydrogen-bond donors (Lipinski definition) is 0. The highest BCUT2D eigenvalue weighted by Crippen LogP contribution is 2.48. The maximum absolute atomic E-state index is 5.32. The minimum absolute atomic E-state index is 0.0833.